The van der Waals surface area contributed by atoms with Crippen molar-refractivity contribution in [2.75, 3.05) is 7.05 Å². The molecule has 106 valence electrons. The van der Waals surface area contributed by atoms with Crippen molar-refractivity contribution >= 4 is 0 Å². The molecule has 1 N–H and O–H groups in total. The summed E-state index contributed by atoms with van der Waals surface area (Å²) in [4.78, 5) is 0. The van der Waals surface area contributed by atoms with E-state index in [9.17, 15) is 4.39 Å². The van der Waals surface area contributed by atoms with Crippen LogP contribution in [0.5, 0.6) is 5.75 Å². The standard InChI is InChI=1S/C17H20FNO/c1-12-5-4-6-14(9-12)11-20-17-10-15(18)7-8-16(17)13(2)19-3/h4-10,13,19H,11H2,1-3H3. The summed E-state index contributed by atoms with van der Waals surface area (Å²) in [6.45, 7) is 4.50. The van der Waals surface area contributed by atoms with E-state index in [2.05, 4.69) is 11.4 Å². The summed E-state index contributed by atoms with van der Waals surface area (Å²) >= 11 is 0. The predicted octanol–water partition coefficient (Wildman–Crippen LogP) is 3.99. The second kappa shape index (κ2) is 6.53. The zero-order valence-corrected chi connectivity index (χ0v) is 12.1. The molecule has 3 heteroatoms. The summed E-state index contributed by atoms with van der Waals surface area (Å²) < 4.78 is 19.2. The summed E-state index contributed by atoms with van der Waals surface area (Å²) in [5.41, 5.74) is 3.23. The third-order valence-electron chi connectivity index (χ3n) is 3.35. The molecule has 2 nitrogen and oxygen atoms in total. The van der Waals surface area contributed by atoms with Crippen LogP contribution in [0, 0.1) is 12.7 Å². The molecule has 0 amide bonds. The number of hydrogen-bond donors (Lipinski definition) is 1. The monoisotopic (exact) mass is 273 g/mol. The van der Waals surface area contributed by atoms with Crippen molar-refractivity contribution in [2.45, 2.75) is 26.5 Å². The van der Waals surface area contributed by atoms with E-state index in [1.54, 1.807) is 6.07 Å². The Hall–Kier alpha value is -1.87. The molecular weight excluding hydrogens is 253 g/mol. The van der Waals surface area contributed by atoms with Crippen LogP contribution in [0.4, 0.5) is 4.39 Å². The van der Waals surface area contributed by atoms with Gasteiger partial charge in [0.05, 0.1) is 0 Å². The maximum absolute atomic E-state index is 13.4. The first kappa shape index (κ1) is 14.5. The average Bonchev–Trinajstić information content (AvgIpc) is 2.44. The molecule has 0 aliphatic rings. The molecule has 1 atom stereocenters. The minimum Gasteiger partial charge on any atom is -0.488 e. The van der Waals surface area contributed by atoms with E-state index in [-0.39, 0.29) is 11.9 Å². The summed E-state index contributed by atoms with van der Waals surface area (Å²) in [5.74, 6) is 0.310. The van der Waals surface area contributed by atoms with E-state index in [1.165, 1.54) is 17.7 Å². The molecule has 0 aliphatic heterocycles. The first-order chi connectivity index (χ1) is 9.60. The van der Waals surface area contributed by atoms with Crippen molar-refractivity contribution < 1.29 is 9.13 Å². The van der Waals surface area contributed by atoms with Crippen LogP contribution in [0.1, 0.15) is 29.7 Å². The Morgan fingerprint density at radius 2 is 2.00 bits per heavy atom. The van der Waals surface area contributed by atoms with Crippen LogP contribution in [0.3, 0.4) is 0 Å². The van der Waals surface area contributed by atoms with Crippen molar-refractivity contribution in [3.05, 3.63) is 65.0 Å². The molecule has 2 aromatic rings. The third-order valence-corrected chi connectivity index (χ3v) is 3.35. The summed E-state index contributed by atoms with van der Waals surface area (Å²) in [6, 6.07) is 12.9. The predicted molar refractivity (Wildman–Crippen MR) is 79.4 cm³/mol. The number of ether oxygens (including phenoxy) is 1. The van der Waals surface area contributed by atoms with Gasteiger partial charge in [0.2, 0.25) is 0 Å². The van der Waals surface area contributed by atoms with Crippen LogP contribution in [-0.4, -0.2) is 7.05 Å². The van der Waals surface area contributed by atoms with Gasteiger partial charge in [-0.3, -0.25) is 0 Å². The second-order valence-electron chi connectivity index (χ2n) is 4.97. The van der Waals surface area contributed by atoms with Crippen molar-refractivity contribution in [2.24, 2.45) is 0 Å². The average molecular weight is 273 g/mol. The second-order valence-corrected chi connectivity index (χ2v) is 4.97. The minimum absolute atomic E-state index is 0.114. The fourth-order valence-corrected chi connectivity index (χ4v) is 2.11. The van der Waals surface area contributed by atoms with Gasteiger partial charge in [0, 0.05) is 17.7 Å². The molecule has 0 aliphatic carbocycles. The third kappa shape index (κ3) is 3.58. The quantitative estimate of drug-likeness (QED) is 0.889. The van der Waals surface area contributed by atoms with Gasteiger partial charge in [-0.25, -0.2) is 4.39 Å². The topological polar surface area (TPSA) is 21.3 Å². The Bertz CT molecular complexity index is 583. The van der Waals surface area contributed by atoms with Crippen molar-refractivity contribution in [1.29, 1.82) is 0 Å². The molecule has 1 unspecified atom stereocenters. The van der Waals surface area contributed by atoms with E-state index >= 15 is 0 Å². The maximum atomic E-state index is 13.4. The van der Waals surface area contributed by atoms with Gasteiger partial charge in [0.25, 0.3) is 0 Å². The number of halogens is 1. The largest absolute Gasteiger partial charge is 0.488 e. The summed E-state index contributed by atoms with van der Waals surface area (Å²) in [7, 11) is 1.87. The molecule has 0 spiro atoms. The molecule has 2 rings (SSSR count). The lowest BCUT2D eigenvalue weighted by atomic mass is 10.1. The molecule has 2 aromatic carbocycles. The normalized spacial score (nSPS) is 12.2. The van der Waals surface area contributed by atoms with Crippen LogP contribution in [0.25, 0.3) is 0 Å². The van der Waals surface area contributed by atoms with E-state index in [1.807, 2.05) is 39.1 Å². The minimum atomic E-state index is -0.281. The lowest BCUT2D eigenvalue weighted by Gasteiger charge is -2.16. The molecule has 20 heavy (non-hydrogen) atoms. The summed E-state index contributed by atoms with van der Waals surface area (Å²) in [6.07, 6.45) is 0. The molecular formula is C17H20FNO. The lowest BCUT2D eigenvalue weighted by Crippen LogP contribution is -2.14. The van der Waals surface area contributed by atoms with Crippen LogP contribution >= 0.6 is 0 Å². The van der Waals surface area contributed by atoms with Crippen LogP contribution in [0.15, 0.2) is 42.5 Å². The van der Waals surface area contributed by atoms with Crippen molar-refractivity contribution in [3.63, 3.8) is 0 Å². The van der Waals surface area contributed by atoms with Crippen LogP contribution < -0.4 is 10.1 Å². The Balaban J connectivity index is 2.18. The van der Waals surface area contributed by atoms with Crippen LogP contribution in [0.2, 0.25) is 0 Å². The maximum Gasteiger partial charge on any atom is 0.127 e. The highest BCUT2D eigenvalue weighted by atomic mass is 19.1. The SMILES string of the molecule is CNC(C)c1ccc(F)cc1OCc1cccc(C)c1. The molecule has 0 bridgehead atoms. The van der Waals surface area contributed by atoms with E-state index in [4.69, 9.17) is 4.74 Å². The Labute approximate surface area is 119 Å². The molecule has 0 fully saturated rings. The first-order valence-corrected chi connectivity index (χ1v) is 6.75. The Kier molecular flexibility index (Phi) is 4.74. The fourth-order valence-electron chi connectivity index (χ4n) is 2.11. The fraction of sp³-hybridized carbons (Fsp3) is 0.294. The first-order valence-electron chi connectivity index (χ1n) is 6.75. The number of rotatable bonds is 5. The van der Waals surface area contributed by atoms with E-state index in [0.29, 0.717) is 12.4 Å². The van der Waals surface area contributed by atoms with Gasteiger partial charge in [-0.2, -0.15) is 0 Å². The van der Waals surface area contributed by atoms with E-state index in [0.717, 1.165) is 11.1 Å². The van der Waals surface area contributed by atoms with Gasteiger partial charge >= 0.3 is 0 Å². The van der Waals surface area contributed by atoms with Crippen molar-refractivity contribution in [3.8, 4) is 5.75 Å². The Morgan fingerprint density at radius 3 is 2.70 bits per heavy atom. The number of benzene rings is 2. The lowest BCUT2D eigenvalue weighted by molar-refractivity contribution is 0.298. The van der Waals surface area contributed by atoms with Crippen LogP contribution in [-0.2, 0) is 6.61 Å². The zero-order valence-electron chi connectivity index (χ0n) is 12.1. The summed E-state index contributed by atoms with van der Waals surface area (Å²) in [5, 5.41) is 3.15. The molecule has 0 saturated heterocycles. The van der Waals surface area contributed by atoms with Gasteiger partial charge in [-0.1, -0.05) is 35.9 Å². The molecule has 0 aromatic heterocycles. The number of nitrogens with one attached hydrogen (secondary N) is 1. The van der Waals surface area contributed by atoms with Gasteiger partial charge in [-0.15, -0.1) is 0 Å². The molecule has 0 saturated carbocycles. The van der Waals surface area contributed by atoms with Crippen molar-refractivity contribution in [1.82, 2.24) is 5.32 Å². The smallest absolute Gasteiger partial charge is 0.127 e. The zero-order chi connectivity index (χ0) is 14.5. The molecule has 0 radical (unpaired) electrons. The van der Waals surface area contributed by atoms with Gasteiger partial charge in [0.15, 0.2) is 0 Å². The van der Waals surface area contributed by atoms with Gasteiger partial charge in [-0.05, 0) is 32.5 Å². The van der Waals surface area contributed by atoms with Gasteiger partial charge in [0.1, 0.15) is 18.2 Å². The highest BCUT2D eigenvalue weighted by molar-refractivity contribution is 5.36. The van der Waals surface area contributed by atoms with E-state index < -0.39 is 0 Å². The number of aryl methyl sites for hydroxylation is 1. The van der Waals surface area contributed by atoms with Gasteiger partial charge < -0.3 is 10.1 Å². The number of hydrogen-bond acceptors (Lipinski definition) is 2. The Morgan fingerprint density at radius 1 is 1.20 bits per heavy atom. The molecule has 0 heterocycles. The highest BCUT2D eigenvalue weighted by Gasteiger charge is 2.11. The highest BCUT2D eigenvalue weighted by Crippen LogP contribution is 2.26.